The van der Waals surface area contributed by atoms with E-state index in [1.165, 1.54) is 6.08 Å². The summed E-state index contributed by atoms with van der Waals surface area (Å²) in [6.07, 6.45) is 4.64. The summed E-state index contributed by atoms with van der Waals surface area (Å²) in [5, 5.41) is 8.65. The van der Waals surface area contributed by atoms with Crippen LogP contribution < -0.4 is 0 Å². The molecule has 114 valence electrons. The fourth-order valence-corrected chi connectivity index (χ4v) is 2.17. The first kappa shape index (κ1) is 17.0. The van der Waals surface area contributed by atoms with Crippen molar-refractivity contribution in [2.75, 3.05) is 7.05 Å². The van der Waals surface area contributed by atoms with Gasteiger partial charge in [0.2, 0.25) is 0 Å². The van der Waals surface area contributed by atoms with Crippen LogP contribution in [0, 0.1) is 6.92 Å². The number of carboxylic acids is 1. The van der Waals surface area contributed by atoms with Crippen molar-refractivity contribution in [1.82, 2.24) is 4.90 Å². The molecule has 0 saturated carbocycles. The van der Waals surface area contributed by atoms with Gasteiger partial charge >= 0.3 is 5.97 Å². The summed E-state index contributed by atoms with van der Waals surface area (Å²) in [7, 11) is 1.82. The van der Waals surface area contributed by atoms with Gasteiger partial charge in [0.1, 0.15) is 0 Å². The average Bonchev–Trinajstić information content (AvgIpc) is 2.44. The second kappa shape index (κ2) is 7.62. The molecule has 1 rings (SSSR count). The van der Waals surface area contributed by atoms with E-state index in [0.717, 1.165) is 30.0 Å². The molecule has 0 spiro atoms. The summed E-state index contributed by atoms with van der Waals surface area (Å²) in [6.45, 7) is 6.01. The van der Waals surface area contributed by atoms with Gasteiger partial charge in [0.15, 0.2) is 0 Å². The van der Waals surface area contributed by atoms with Crippen LogP contribution in [0.3, 0.4) is 0 Å². The van der Waals surface area contributed by atoms with Crippen molar-refractivity contribution >= 4 is 18.0 Å². The number of carbonyl (C=O) groups excluding carboxylic acids is 1. The first-order valence-corrected chi connectivity index (χ1v) is 7.15. The van der Waals surface area contributed by atoms with Crippen molar-refractivity contribution in [3.63, 3.8) is 0 Å². The maximum absolute atomic E-state index is 12.4. The largest absolute Gasteiger partial charge is 0.478 e. The lowest BCUT2D eigenvalue weighted by atomic mass is 10.0. The molecule has 0 aliphatic carbocycles. The Kier molecular flexibility index (Phi) is 6.15. The van der Waals surface area contributed by atoms with Crippen molar-refractivity contribution in [1.29, 1.82) is 0 Å². The fourth-order valence-electron chi connectivity index (χ4n) is 2.17. The molecule has 1 N–H and O–H groups in total. The predicted molar refractivity (Wildman–Crippen MR) is 84.3 cm³/mol. The minimum Gasteiger partial charge on any atom is -0.478 e. The van der Waals surface area contributed by atoms with E-state index in [0.29, 0.717) is 5.56 Å². The Morgan fingerprint density at radius 1 is 1.38 bits per heavy atom. The van der Waals surface area contributed by atoms with Crippen LogP contribution in [-0.2, 0) is 4.79 Å². The lowest BCUT2D eigenvalue weighted by Crippen LogP contribution is -2.35. The topological polar surface area (TPSA) is 57.6 Å². The molecule has 0 saturated heterocycles. The molecule has 1 aromatic rings. The summed E-state index contributed by atoms with van der Waals surface area (Å²) < 4.78 is 0. The highest BCUT2D eigenvalue weighted by Crippen LogP contribution is 2.16. The first-order valence-electron chi connectivity index (χ1n) is 7.15. The summed E-state index contributed by atoms with van der Waals surface area (Å²) in [4.78, 5) is 24.7. The molecule has 4 nitrogen and oxygen atoms in total. The highest BCUT2D eigenvalue weighted by atomic mass is 16.4. The van der Waals surface area contributed by atoms with Gasteiger partial charge in [-0.05, 0) is 49.6 Å². The number of carboxylic acid groups (broad SMARTS) is 1. The van der Waals surface area contributed by atoms with Crippen LogP contribution in [0.2, 0.25) is 0 Å². The molecule has 1 unspecified atom stereocenters. The molecule has 0 bridgehead atoms. The third-order valence-electron chi connectivity index (χ3n) is 3.61. The highest BCUT2D eigenvalue weighted by molar-refractivity contribution is 5.95. The van der Waals surface area contributed by atoms with E-state index in [9.17, 15) is 9.59 Å². The van der Waals surface area contributed by atoms with Crippen LogP contribution in [0.4, 0.5) is 0 Å². The van der Waals surface area contributed by atoms with Crippen LogP contribution in [-0.4, -0.2) is 35.0 Å². The second-order valence-corrected chi connectivity index (χ2v) is 5.30. The van der Waals surface area contributed by atoms with Gasteiger partial charge in [-0.2, -0.15) is 0 Å². The number of hydrogen-bond acceptors (Lipinski definition) is 2. The predicted octanol–water partition coefficient (Wildman–Crippen LogP) is 3.35. The number of aliphatic carboxylic acids is 1. The molecule has 0 aliphatic rings. The zero-order chi connectivity index (χ0) is 16.0. The van der Waals surface area contributed by atoms with Gasteiger partial charge in [-0.1, -0.05) is 19.4 Å². The Morgan fingerprint density at radius 2 is 2.05 bits per heavy atom. The zero-order valence-electron chi connectivity index (χ0n) is 13.1. The summed E-state index contributed by atoms with van der Waals surface area (Å²) in [6, 6.07) is 5.53. The summed E-state index contributed by atoms with van der Waals surface area (Å²) in [5.41, 5.74) is 2.32. The number of amides is 1. The van der Waals surface area contributed by atoms with Gasteiger partial charge in [-0.3, -0.25) is 4.79 Å². The molecule has 0 fully saturated rings. The Labute approximate surface area is 126 Å². The second-order valence-electron chi connectivity index (χ2n) is 5.30. The molecule has 1 amide bonds. The zero-order valence-corrected chi connectivity index (χ0v) is 13.1. The Balaban J connectivity index is 2.93. The van der Waals surface area contributed by atoms with Crippen LogP contribution in [0.5, 0.6) is 0 Å². The van der Waals surface area contributed by atoms with Crippen molar-refractivity contribution in [3.05, 3.63) is 41.0 Å². The van der Waals surface area contributed by atoms with Gasteiger partial charge < -0.3 is 10.0 Å². The lowest BCUT2D eigenvalue weighted by molar-refractivity contribution is -0.131. The van der Waals surface area contributed by atoms with E-state index in [2.05, 4.69) is 6.92 Å². The minimum absolute atomic E-state index is 0.00665. The van der Waals surface area contributed by atoms with E-state index in [1.807, 2.05) is 20.9 Å². The maximum Gasteiger partial charge on any atom is 0.328 e. The number of nitrogens with zero attached hydrogens (tertiary/aromatic N) is 1. The van der Waals surface area contributed by atoms with E-state index < -0.39 is 5.97 Å². The van der Waals surface area contributed by atoms with Crippen LogP contribution >= 0.6 is 0 Å². The summed E-state index contributed by atoms with van der Waals surface area (Å²) >= 11 is 0. The molecule has 1 atom stereocenters. The van der Waals surface area contributed by atoms with E-state index in [1.54, 1.807) is 23.1 Å². The first-order chi connectivity index (χ1) is 9.86. The maximum atomic E-state index is 12.4. The number of aryl methyl sites for hydroxylation is 1. The van der Waals surface area contributed by atoms with Crippen LogP contribution in [0.25, 0.3) is 6.08 Å². The van der Waals surface area contributed by atoms with Gasteiger partial charge in [0, 0.05) is 24.7 Å². The Hall–Kier alpha value is -2.10. The molecule has 21 heavy (non-hydrogen) atoms. The average molecular weight is 289 g/mol. The molecule has 4 heteroatoms. The van der Waals surface area contributed by atoms with Gasteiger partial charge in [-0.15, -0.1) is 0 Å². The van der Waals surface area contributed by atoms with E-state index in [4.69, 9.17) is 5.11 Å². The van der Waals surface area contributed by atoms with Crippen LogP contribution in [0.15, 0.2) is 24.3 Å². The van der Waals surface area contributed by atoms with Crippen molar-refractivity contribution < 1.29 is 14.7 Å². The fraction of sp³-hybridized carbons (Fsp3) is 0.412. The molecule has 0 radical (unpaired) electrons. The SMILES string of the molecule is CCCC(C)N(C)C(=O)c1ccc(/C=C/C(=O)O)c(C)c1. The van der Waals surface area contributed by atoms with Gasteiger partial charge in [0.25, 0.3) is 5.91 Å². The minimum atomic E-state index is -0.984. The van der Waals surface area contributed by atoms with Crippen LogP contribution in [0.1, 0.15) is 48.2 Å². The standard InChI is InChI=1S/C17H23NO3/c1-5-6-13(3)18(4)17(21)15-8-7-14(12(2)11-15)9-10-16(19)20/h7-11,13H,5-6H2,1-4H3,(H,19,20)/b10-9+. The molecule has 0 aliphatic heterocycles. The normalized spacial score (nSPS) is 12.4. The quantitative estimate of drug-likeness (QED) is 0.817. The Bertz CT molecular complexity index is 549. The molecule has 0 heterocycles. The monoisotopic (exact) mass is 289 g/mol. The third kappa shape index (κ3) is 4.74. The number of benzene rings is 1. The van der Waals surface area contributed by atoms with Crippen molar-refractivity contribution in [2.24, 2.45) is 0 Å². The number of rotatable bonds is 6. The molecular formula is C17H23NO3. The molecular weight excluding hydrogens is 266 g/mol. The number of hydrogen-bond donors (Lipinski definition) is 1. The highest BCUT2D eigenvalue weighted by Gasteiger charge is 2.17. The summed E-state index contributed by atoms with van der Waals surface area (Å²) in [5.74, 6) is -0.990. The third-order valence-corrected chi connectivity index (χ3v) is 3.61. The van der Waals surface area contributed by atoms with Gasteiger partial charge in [0.05, 0.1) is 0 Å². The van der Waals surface area contributed by atoms with E-state index in [-0.39, 0.29) is 11.9 Å². The molecule has 1 aromatic carbocycles. The number of carbonyl (C=O) groups is 2. The Morgan fingerprint density at radius 3 is 2.57 bits per heavy atom. The van der Waals surface area contributed by atoms with E-state index >= 15 is 0 Å². The van der Waals surface area contributed by atoms with Crippen molar-refractivity contribution in [3.8, 4) is 0 Å². The molecule has 0 aromatic heterocycles. The van der Waals surface area contributed by atoms with Gasteiger partial charge in [-0.25, -0.2) is 4.79 Å². The smallest absolute Gasteiger partial charge is 0.328 e. The lowest BCUT2D eigenvalue weighted by Gasteiger charge is -2.25. The van der Waals surface area contributed by atoms with Crippen molar-refractivity contribution in [2.45, 2.75) is 39.7 Å².